The molecule has 2 heterocycles. The highest BCUT2D eigenvalue weighted by Gasteiger charge is 2.48. The van der Waals surface area contributed by atoms with Crippen LogP contribution in [0.2, 0.25) is 0 Å². The SMILES string of the molecule is CCOC(=O)c1sc(N2C(=O)C(=O)/C(=C(\O)c3ccc(F)cc3)C2c2ccc(C(C)C)cc2)nc1C. The van der Waals surface area contributed by atoms with Gasteiger partial charge in [0.1, 0.15) is 16.5 Å². The van der Waals surface area contributed by atoms with Crippen molar-refractivity contribution < 1.29 is 28.6 Å². The summed E-state index contributed by atoms with van der Waals surface area (Å²) < 4.78 is 18.6. The normalized spacial score (nSPS) is 17.2. The van der Waals surface area contributed by atoms with Gasteiger partial charge in [-0.3, -0.25) is 14.5 Å². The van der Waals surface area contributed by atoms with Gasteiger partial charge in [0.2, 0.25) is 0 Å². The summed E-state index contributed by atoms with van der Waals surface area (Å²) in [4.78, 5) is 44.8. The average molecular weight is 509 g/mol. The first-order chi connectivity index (χ1) is 17.1. The Morgan fingerprint density at radius 3 is 2.36 bits per heavy atom. The number of thiazole rings is 1. The number of aryl methyl sites for hydroxylation is 1. The summed E-state index contributed by atoms with van der Waals surface area (Å²) in [7, 11) is 0. The Balaban J connectivity index is 1.90. The highest BCUT2D eigenvalue weighted by molar-refractivity contribution is 7.17. The standard InChI is InChI=1S/C27H25FN2O5S/c1-5-35-26(34)24-15(4)29-27(36-24)30-21(17-8-6-16(7-9-17)14(2)3)20(23(32)25(30)33)22(31)18-10-12-19(28)13-11-18/h6-14,21,31H,5H2,1-4H3/b22-20-. The molecule has 1 aromatic heterocycles. The lowest BCUT2D eigenvalue weighted by Crippen LogP contribution is -2.29. The minimum atomic E-state index is -1.00. The van der Waals surface area contributed by atoms with E-state index in [0.29, 0.717) is 11.3 Å². The zero-order valence-electron chi connectivity index (χ0n) is 20.2. The summed E-state index contributed by atoms with van der Waals surface area (Å²) in [6, 6.07) is 11.4. The Labute approximate surface area is 211 Å². The van der Waals surface area contributed by atoms with Crippen molar-refractivity contribution in [1.82, 2.24) is 4.98 Å². The topological polar surface area (TPSA) is 96.8 Å². The monoisotopic (exact) mass is 508 g/mol. The number of esters is 1. The lowest BCUT2D eigenvalue weighted by Gasteiger charge is -2.23. The van der Waals surface area contributed by atoms with Gasteiger partial charge in [0.15, 0.2) is 5.13 Å². The molecule has 7 nitrogen and oxygen atoms in total. The molecule has 1 saturated heterocycles. The van der Waals surface area contributed by atoms with E-state index in [2.05, 4.69) is 4.98 Å². The number of carbonyl (C=O) groups excluding carboxylic acids is 3. The van der Waals surface area contributed by atoms with Crippen LogP contribution in [-0.4, -0.2) is 34.4 Å². The molecule has 1 fully saturated rings. The van der Waals surface area contributed by atoms with Gasteiger partial charge in [-0.25, -0.2) is 14.2 Å². The van der Waals surface area contributed by atoms with Crippen molar-refractivity contribution >= 4 is 39.9 Å². The maximum Gasteiger partial charge on any atom is 0.350 e. The third-order valence-electron chi connectivity index (χ3n) is 5.93. The van der Waals surface area contributed by atoms with Crippen molar-refractivity contribution in [2.75, 3.05) is 11.5 Å². The minimum Gasteiger partial charge on any atom is -0.507 e. The summed E-state index contributed by atoms with van der Waals surface area (Å²) in [5, 5.41) is 11.3. The highest BCUT2D eigenvalue weighted by atomic mass is 32.1. The summed E-state index contributed by atoms with van der Waals surface area (Å²) in [5.74, 6) is -3.02. The molecule has 3 aromatic rings. The molecule has 2 aromatic carbocycles. The Kier molecular flexibility index (Phi) is 7.03. The summed E-state index contributed by atoms with van der Waals surface area (Å²) in [6.45, 7) is 7.57. The molecule has 0 spiro atoms. The van der Waals surface area contributed by atoms with E-state index in [9.17, 15) is 23.9 Å². The lowest BCUT2D eigenvalue weighted by atomic mass is 9.93. The Hall–Kier alpha value is -3.85. The second-order valence-electron chi connectivity index (χ2n) is 8.63. The van der Waals surface area contributed by atoms with E-state index in [0.717, 1.165) is 29.0 Å². The number of hydrogen-bond acceptors (Lipinski definition) is 7. The fourth-order valence-corrected chi connectivity index (χ4v) is 5.03. The van der Waals surface area contributed by atoms with Crippen LogP contribution in [0.25, 0.3) is 5.76 Å². The van der Waals surface area contributed by atoms with Crippen molar-refractivity contribution in [1.29, 1.82) is 0 Å². The van der Waals surface area contributed by atoms with E-state index >= 15 is 0 Å². The molecule has 1 amide bonds. The molecule has 36 heavy (non-hydrogen) atoms. The number of rotatable bonds is 6. The number of hydrogen-bond donors (Lipinski definition) is 1. The minimum absolute atomic E-state index is 0.133. The molecular formula is C27H25FN2O5S. The molecule has 4 rings (SSSR count). The van der Waals surface area contributed by atoms with Crippen LogP contribution in [0, 0.1) is 12.7 Å². The molecule has 1 aliphatic rings. The molecule has 186 valence electrons. The number of carbonyl (C=O) groups is 3. The zero-order valence-corrected chi connectivity index (χ0v) is 21.1. The van der Waals surface area contributed by atoms with Gasteiger partial charge in [-0.2, -0.15) is 0 Å². The average Bonchev–Trinajstić information content (AvgIpc) is 3.36. The molecule has 0 saturated carbocycles. The molecule has 0 bridgehead atoms. The molecule has 9 heteroatoms. The van der Waals surface area contributed by atoms with Crippen LogP contribution >= 0.6 is 11.3 Å². The molecular weight excluding hydrogens is 483 g/mol. The third-order valence-corrected chi connectivity index (χ3v) is 7.07. The van der Waals surface area contributed by atoms with Crippen LogP contribution in [0.1, 0.15) is 64.8 Å². The van der Waals surface area contributed by atoms with Gasteiger partial charge < -0.3 is 9.84 Å². The number of halogens is 1. The third kappa shape index (κ3) is 4.54. The number of nitrogens with zero attached hydrogens (tertiary/aromatic N) is 2. The molecule has 1 unspecified atom stereocenters. The number of aromatic nitrogens is 1. The zero-order chi connectivity index (χ0) is 26.1. The van der Waals surface area contributed by atoms with Crippen LogP contribution in [0.3, 0.4) is 0 Å². The van der Waals surface area contributed by atoms with Crippen LogP contribution in [0.4, 0.5) is 9.52 Å². The van der Waals surface area contributed by atoms with Crippen molar-refractivity contribution in [3.63, 3.8) is 0 Å². The first kappa shape index (κ1) is 25.2. The quantitative estimate of drug-likeness (QED) is 0.204. The number of Topliss-reactive ketones (excluding diaryl/α,β-unsaturated/α-hetero) is 1. The van der Waals surface area contributed by atoms with Crippen molar-refractivity contribution in [2.24, 2.45) is 0 Å². The number of ketones is 1. The predicted molar refractivity (Wildman–Crippen MR) is 135 cm³/mol. The van der Waals surface area contributed by atoms with Crippen LogP contribution in [-0.2, 0) is 14.3 Å². The number of benzene rings is 2. The van der Waals surface area contributed by atoms with Crippen molar-refractivity contribution in [3.05, 3.63) is 87.2 Å². The van der Waals surface area contributed by atoms with Gasteiger partial charge in [0.25, 0.3) is 5.78 Å². The summed E-state index contributed by atoms with van der Waals surface area (Å²) >= 11 is 0.942. The van der Waals surface area contributed by atoms with Crippen LogP contribution in [0.5, 0.6) is 0 Å². The van der Waals surface area contributed by atoms with Gasteiger partial charge in [-0.15, -0.1) is 0 Å². The lowest BCUT2D eigenvalue weighted by molar-refractivity contribution is -0.132. The molecule has 1 atom stereocenters. The Morgan fingerprint density at radius 1 is 1.14 bits per heavy atom. The van der Waals surface area contributed by atoms with Crippen molar-refractivity contribution in [3.8, 4) is 0 Å². The maximum absolute atomic E-state index is 13.5. The fourth-order valence-electron chi connectivity index (χ4n) is 4.04. The number of anilines is 1. The highest BCUT2D eigenvalue weighted by Crippen LogP contribution is 2.44. The summed E-state index contributed by atoms with van der Waals surface area (Å²) in [5.41, 5.74) is 2.05. The molecule has 1 N–H and O–H groups in total. The summed E-state index contributed by atoms with van der Waals surface area (Å²) in [6.07, 6.45) is 0. The predicted octanol–water partition coefficient (Wildman–Crippen LogP) is 5.52. The second-order valence-corrected chi connectivity index (χ2v) is 9.61. The van der Waals surface area contributed by atoms with Gasteiger partial charge >= 0.3 is 11.9 Å². The van der Waals surface area contributed by atoms with E-state index in [1.54, 1.807) is 26.0 Å². The number of ether oxygens (including phenoxy) is 1. The molecule has 0 aliphatic carbocycles. The number of amides is 1. The number of aliphatic hydroxyl groups excluding tert-OH is 1. The maximum atomic E-state index is 13.5. The Morgan fingerprint density at radius 2 is 1.78 bits per heavy atom. The van der Waals surface area contributed by atoms with Crippen LogP contribution < -0.4 is 4.90 Å². The van der Waals surface area contributed by atoms with E-state index in [1.165, 1.54) is 17.0 Å². The molecule has 1 aliphatic heterocycles. The van der Waals surface area contributed by atoms with E-state index < -0.39 is 35.3 Å². The first-order valence-electron chi connectivity index (χ1n) is 11.4. The van der Waals surface area contributed by atoms with E-state index in [4.69, 9.17) is 4.74 Å². The van der Waals surface area contributed by atoms with E-state index in [-0.39, 0.29) is 33.7 Å². The fraction of sp³-hybridized carbons (Fsp3) is 0.259. The largest absolute Gasteiger partial charge is 0.507 e. The Bertz CT molecular complexity index is 1360. The van der Waals surface area contributed by atoms with Gasteiger partial charge in [0.05, 0.1) is 23.9 Å². The second kappa shape index (κ2) is 10.0. The van der Waals surface area contributed by atoms with Gasteiger partial charge in [-0.05, 0) is 55.2 Å². The molecule has 0 radical (unpaired) electrons. The van der Waals surface area contributed by atoms with Gasteiger partial charge in [-0.1, -0.05) is 49.4 Å². The van der Waals surface area contributed by atoms with E-state index in [1.807, 2.05) is 26.0 Å². The smallest absolute Gasteiger partial charge is 0.350 e. The van der Waals surface area contributed by atoms with Gasteiger partial charge in [0, 0.05) is 5.56 Å². The number of aliphatic hydroxyl groups is 1. The van der Waals surface area contributed by atoms with Crippen molar-refractivity contribution in [2.45, 2.75) is 39.7 Å². The van der Waals surface area contributed by atoms with Crippen LogP contribution in [0.15, 0.2) is 54.1 Å². The first-order valence-corrected chi connectivity index (χ1v) is 12.3.